The van der Waals surface area contributed by atoms with Crippen molar-refractivity contribution in [1.29, 1.82) is 0 Å². The third kappa shape index (κ3) is 7.64. The number of anilines is 5. The third-order valence-corrected chi connectivity index (χ3v) is 16.9. The predicted octanol–water partition coefficient (Wildman–Crippen LogP) is 7.26. The van der Waals surface area contributed by atoms with Crippen LogP contribution in [0.5, 0.6) is 5.75 Å². The van der Waals surface area contributed by atoms with E-state index in [1.807, 2.05) is 121 Å². The molecule has 8 rings (SSSR count). The molecule has 2 aliphatic heterocycles. The Morgan fingerprint density at radius 3 is 2.10 bits per heavy atom. The Morgan fingerprint density at radius 2 is 1.48 bits per heavy atom. The fourth-order valence-corrected chi connectivity index (χ4v) is 13.6. The van der Waals surface area contributed by atoms with Gasteiger partial charge in [-0.3, -0.25) is 28.9 Å². The van der Waals surface area contributed by atoms with E-state index in [1.54, 1.807) is 26.5 Å². The van der Waals surface area contributed by atoms with Crippen LogP contribution in [0.2, 0.25) is 18.6 Å². The Kier molecular flexibility index (Phi) is 11.7. The SMILES string of the molecule is COc1ccc([Si](C)(C)[C@@H]2[C@@H](CCn3cc(CCO)nn3)O[C@]3(C(=O)N(Cc4cccc(N(C=O)c5ccccc5)c4)c4ccc(N(C=O)c5ccccc5)cc43)[C@H]2C)cc1. The van der Waals surface area contributed by atoms with Gasteiger partial charge < -0.3 is 19.5 Å². The number of amides is 3. The second-order valence-corrected chi connectivity index (χ2v) is 21.0. The summed E-state index contributed by atoms with van der Waals surface area (Å²) in [6.07, 6.45) is 4.04. The number of aryl methyl sites for hydroxylation is 1. The molecule has 61 heavy (non-hydrogen) atoms. The Labute approximate surface area is 357 Å². The molecule has 1 aromatic heterocycles. The minimum atomic E-state index is -2.48. The summed E-state index contributed by atoms with van der Waals surface area (Å²) in [6, 6.07) is 40.5. The molecule has 1 saturated heterocycles. The van der Waals surface area contributed by atoms with Gasteiger partial charge in [0, 0.05) is 60.0 Å². The van der Waals surface area contributed by atoms with Gasteiger partial charge in [-0.1, -0.05) is 91.1 Å². The minimum absolute atomic E-state index is 0.0212. The van der Waals surface area contributed by atoms with E-state index in [0.717, 1.165) is 29.8 Å². The van der Waals surface area contributed by atoms with Crippen LogP contribution < -0.4 is 24.6 Å². The molecule has 5 aromatic carbocycles. The molecule has 4 atom stereocenters. The number of fused-ring (bicyclic) bond motifs is 2. The number of methoxy groups -OCH3 is 1. The first-order valence-electron chi connectivity index (χ1n) is 20.6. The molecule has 1 N–H and O–H groups in total. The highest BCUT2D eigenvalue weighted by Crippen LogP contribution is 2.60. The van der Waals surface area contributed by atoms with Crippen molar-refractivity contribution >= 4 is 60.4 Å². The first-order valence-corrected chi connectivity index (χ1v) is 23.7. The van der Waals surface area contributed by atoms with Crippen molar-refractivity contribution in [3.8, 4) is 5.75 Å². The summed E-state index contributed by atoms with van der Waals surface area (Å²) in [5.41, 5.74) is 4.20. The number of ether oxygens (including phenoxy) is 2. The first-order chi connectivity index (χ1) is 29.6. The van der Waals surface area contributed by atoms with E-state index in [0.29, 0.717) is 53.4 Å². The van der Waals surface area contributed by atoms with Gasteiger partial charge in [0.2, 0.25) is 12.8 Å². The van der Waals surface area contributed by atoms with Crippen LogP contribution in [-0.4, -0.2) is 66.7 Å². The number of carbonyl (C=O) groups is 3. The van der Waals surface area contributed by atoms with E-state index < -0.39 is 13.7 Å². The number of hydrogen-bond donors (Lipinski definition) is 1. The molecule has 12 nitrogen and oxygen atoms in total. The smallest absolute Gasteiger partial charge is 0.264 e. The molecule has 0 aliphatic carbocycles. The quantitative estimate of drug-likeness (QED) is 0.0797. The average molecular weight is 835 g/mol. The molecule has 2 aliphatic rings. The van der Waals surface area contributed by atoms with Gasteiger partial charge in [0.15, 0.2) is 5.60 Å². The van der Waals surface area contributed by atoms with E-state index in [-0.39, 0.29) is 36.6 Å². The van der Waals surface area contributed by atoms with Gasteiger partial charge in [0.05, 0.1) is 39.2 Å². The summed E-state index contributed by atoms with van der Waals surface area (Å²) in [7, 11) is -0.823. The summed E-state index contributed by atoms with van der Waals surface area (Å²) >= 11 is 0. The molecule has 312 valence electrons. The number of hydrogen-bond acceptors (Lipinski definition) is 8. The molecular formula is C48H50N6O6Si. The van der Waals surface area contributed by atoms with Gasteiger partial charge in [-0.05, 0) is 84.3 Å². The first kappa shape index (κ1) is 41.3. The zero-order valence-corrected chi connectivity index (χ0v) is 35.8. The van der Waals surface area contributed by atoms with Crippen molar-refractivity contribution in [1.82, 2.24) is 15.0 Å². The largest absolute Gasteiger partial charge is 0.497 e. The molecule has 0 radical (unpaired) electrons. The maximum Gasteiger partial charge on any atom is 0.264 e. The monoisotopic (exact) mass is 834 g/mol. The number of benzene rings is 5. The van der Waals surface area contributed by atoms with Gasteiger partial charge >= 0.3 is 0 Å². The third-order valence-electron chi connectivity index (χ3n) is 12.5. The fourth-order valence-electron chi connectivity index (χ4n) is 9.52. The highest BCUT2D eigenvalue weighted by Gasteiger charge is 2.66. The second kappa shape index (κ2) is 17.3. The molecule has 0 bridgehead atoms. The number of para-hydroxylation sites is 2. The minimum Gasteiger partial charge on any atom is -0.497 e. The lowest BCUT2D eigenvalue weighted by Gasteiger charge is -2.37. The van der Waals surface area contributed by atoms with Crippen LogP contribution in [-0.2, 0) is 44.2 Å². The van der Waals surface area contributed by atoms with Crippen LogP contribution in [0.3, 0.4) is 0 Å². The van der Waals surface area contributed by atoms with Crippen molar-refractivity contribution in [3.63, 3.8) is 0 Å². The Hall–Kier alpha value is -6.41. The van der Waals surface area contributed by atoms with E-state index >= 15 is 4.79 Å². The number of carbonyl (C=O) groups excluding carboxylic acids is 3. The van der Waals surface area contributed by atoms with Crippen molar-refractivity contribution < 1.29 is 29.0 Å². The van der Waals surface area contributed by atoms with Crippen LogP contribution >= 0.6 is 0 Å². The van der Waals surface area contributed by atoms with E-state index in [4.69, 9.17) is 9.47 Å². The molecule has 3 amide bonds. The van der Waals surface area contributed by atoms with Gasteiger partial charge in [-0.15, -0.1) is 5.10 Å². The molecule has 1 fully saturated rings. The van der Waals surface area contributed by atoms with Crippen molar-refractivity contribution in [2.24, 2.45) is 5.92 Å². The summed E-state index contributed by atoms with van der Waals surface area (Å²) in [4.78, 5) is 45.9. The number of nitrogens with zero attached hydrogens (tertiary/aromatic N) is 6. The molecular weight excluding hydrogens is 785 g/mol. The van der Waals surface area contributed by atoms with E-state index in [1.165, 1.54) is 5.19 Å². The van der Waals surface area contributed by atoms with Gasteiger partial charge in [-0.25, -0.2) is 0 Å². The zero-order valence-electron chi connectivity index (χ0n) is 34.8. The standard InChI is InChI=1S/C48H50N6O6Si/c1-34-46(61(3,4)42-21-19-41(59-2)20-22-42)45(24-26-51-31-36(25-27-55)49-50-51)60-48(34)43-29-40(54(33-57)38-15-9-6-10-16-38)18-23-44(43)52(47(48)58)30-35-12-11-17-39(28-35)53(32-56)37-13-7-5-8-14-37/h5-23,28-29,31-34,45-46,55H,24-27,30H2,1-4H3/t34-,45+,46-,48+/m0/s1. The molecule has 3 heterocycles. The van der Waals surface area contributed by atoms with Crippen molar-refractivity contribution in [3.05, 3.63) is 150 Å². The lowest BCUT2D eigenvalue weighted by Crippen LogP contribution is -2.51. The molecule has 13 heteroatoms. The topological polar surface area (TPSA) is 130 Å². The average Bonchev–Trinajstić information content (AvgIpc) is 3.94. The van der Waals surface area contributed by atoms with Crippen LogP contribution in [0, 0.1) is 5.92 Å². The van der Waals surface area contributed by atoms with E-state index in [9.17, 15) is 14.7 Å². The fraction of sp³-hybridized carbons (Fsp3) is 0.271. The summed E-state index contributed by atoms with van der Waals surface area (Å²) < 4.78 is 14.7. The van der Waals surface area contributed by atoms with Crippen LogP contribution in [0.15, 0.2) is 134 Å². The van der Waals surface area contributed by atoms with E-state index in [2.05, 4.69) is 42.5 Å². The highest BCUT2D eigenvalue weighted by atomic mass is 28.3. The maximum atomic E-state index is 15.7. The van der Waals surface area contributed by atoms with Gasteiger partial charge in [0.25, 0.3) is 5.91 Å². The Bertz CT molecular complexity index is 2500. The molecule has 0 saturated carbocycles. The summed E-state index contributed by atoms with van der Waals surface area (Å²) in [5.74, 6) is 0.292. The zero-order chi connectivity index (χ0) is 42.7. The van der Waals surface area contributed by atoms with Crippen molar-refractivity contribution in [2.75, 3.05) is 28.4 Å². The normalized spacial score (nSPS) is 19.5. The van der Waals surface area contributed by atoms with Gasteiger partial charge in [0.1, 0.15) is 5.75 Å². The number of aromatic nitrogens is 3. The lowest BCUT2D eigenvalue weighted by atomic mass is 9.82. The number of rotatable bonds is 16. The predicted molar refractivity (Wildman–Crippen MR) is 238 cm³/mol. The second-order valence-electron chi connectivity index (χ2n) is 16.3. The van der Waals surface area contributed by atoms with Crippen LogP contribution in [0.1, 0.15) is 30.2 Å². The van der Waals surface area contributed by atoms with Gasteiger partial charge in [-0.2, -0.15) is 0 Å². The maximum absolute atomic E-state index is 15.7. The lowest BCUT2D eigenvalue weighted by molar-refractivity contribution is -0.146. The van der Waals surface area contributed by atoms with Crippen LogP contribution in [0.4, 0.5) is 28.4 Å². The summed E-state index contributed by atoms with van der Waals surface area (Å²) in [6.45, 7) is 7.52. The molecule has 6 aromatic rings. The molecule has 0 unspecified atom stereocenters. The highest BCUT2D eigenvalue weighted by molar-refractivity contribution is 6.91. The van der Waals surface area contributed by atoms with Crippen LogP contribution in [0.25, 0.3) is 0 Å². The molecule has 1 spiro atoms. The van der Waals surface area contributed by atoms with Crippen molar-refractivity contribution in [2.45, 2.75) is 63.2 Å². The summed E-state index contributed by atoms with van der Waals surface area (Å²) in [5, 5.41) is 19.3. The Balaban J connectivity index is 1.24. The Morgan fingerprint density at radius 1 is 0.836 bits per heavy atom. The number of aliphatic hydroxyl groups excluding tert-OH is 1. The number of aliphatic hydroxyl groups is 1.